The number of carboxylic acids is 1. The molecule has 4 unspecified atom stereocenters. The van der Waals surface area contributed by atoms with Gasteiger partial charge in [0.1, 0.15) is 5.60 Å². The van der Waals surface area contributed by atoms with Gasteiger partial charge in [0, 0.05) is 11.8 Å². The standard InChI is InChI=1S/C34H52O10/c1-9-32(7,28(39)44-31(5,6)34-16-21-12-22(17-34)14-23(13-21)18-34)19-33(8,15-20(2)25(35)36)29(40)43-30(3,4)27(38)42-24-10-11-41-26(24)37/h20-24H,9-19H2,1-8H3,(H,35,36). The minimum Gasteiger partial charge on any atom is -0.481 e. The van der Waals surface area contributed by atoms with E-state index in [-0.39, 0.29) is 31.3 Å². The Morgan fingerprint density at radius 3 is 1.86 bits per heavy atom. The lowest BCUT2D eigenvalue weighted by Crippen LogP contribution is -2.58. The van der Waals surface area contributed by atoms with Crippen LogP contribution in [0.4, 0.5) is 0 Å². The monoisotopic (exact) mass is 620 g/mol. The molecule has 44 heavy (non-hydrogen) atoms. The fraction of sp³-hybridized carbons (Fsp3) is 0.853. The summed E-state index contributed by atoms with van der Waals surface area (Å²) < 4.78 is 22.3. The van der Waals surface area contributed by atoms with Crippen LogP contribution in [-0.2, 0) is 42.9 Å². The van der Waals surface area contributed by atoms with Crippen LogP contribution in [0.3, 0.4) is 0 Å². The number of ether oxygens (including phenoxy) is 4. The number of esters is 4. The number of carboxylic acid groups (broad SMARTS) is 1. The third-order valence-corrected chi connectivity index (χ3v) is 11.4. The molecule has 0 amide bonds. The molecule has 1 heterocycles. The largest absolute Gasteiger partial charge is 0.481 e. The summed E-state index contributed by atoms with van der Waals surface area (Å²) in [5, 5.41) is 9.74. The van der Waals surface area contributed by atoms with Gasteiger partial charge in [0.2, 0.25) is 11.7 Å². The smallest absolute Gasteiger partial charge is 0.350 e. The van der Waals surface area contributed by atoms with E-state index in [1.807, 2.05) is 20.8 Å². The minimum absolute atomic E-state index is 0.0389. The lowest BCUT2D eigenvalue weighted by atomic mass is 9.46. The zero-order valence-corrected chi connectivity index (χ0v) is 27.8. The quantitative estimate of drug-likeness (QED) is 0.203. The molecule has 10 nitrogen and oxygen atoms in total. The third kappa shape index (κ3) is 6.64. The summed E-state index contributed by atoms with van der Waals surface area (Å²) in [6, 6.07) is 0. The second-order valence-electron chi connectivity index (χ2n) is 15.9. The van der Waals surface area contributed by atoms with Crippen molar-refractivity contribution in [3.8, 4) is 0 Å². The molecule has 4 bridgehead atoms. The van der Waals surface area contributed by atoms with Crippen molar-refractivity contribution in [3.05, 3.63) is 0 Å². The van der Waals surface area contributed by atoms with Gasteiger partial charge in [-0.2, -0.15) is 0 Å². The van der Waals surface area contributed by atoms with Crippen LogP contribution in [0.15, 0.2) is 0 Å². The first kappa shape index (κ1) is 34.2. The molecular formula is C34H52O10. The van der Waals surface area contributed by atoms with E-state index in [1.165, 1.54) is 40.0 Å². The molecule has 4 atom stereocenters. The Morgan fingerprint density at radius 2 is 1.41 bits per heavy atom. The first-order valence-corrected chi connectivity index (χ1v) is 16.3. The van der Waals surface area contributed by atoms with Gasteiger partial charge in [0.05, 0.1) is 23.4 Å². The average molecular weight is 621 g/mol. The van der Waals surface area contributed by atoms with Crippen molar-refractivity contribution >= 4 is 29.8 Å². The summed E-state index contributed by atoms with van der Waals surface area (Å²) in [6.45, 7) is 13.6. The van der Waals surface area contributed by atoms with Crippen LogP contribution in [0, 0.1) is 39.9 Å². The van der Waals surface area contributed by atoms with Crippen LogP contribution in [-0.4, -0.2) is 58.9 Å². The van der Waals surface area contributed by atoms with Crippen LogP contribution < -0.4 is 0 Å². The lowest BCUT2D eigenvalue weighted by Gasteiger charge is -2.61. The van der Waals surface area contributed by atoms with Crippen molar-refractivity contribution in [2.45, 2.75) is 137 Å². The highest BCUT2D eigenvalue weighted by atomic mass is 16.6. The molecule has 0 spiro atoms. The van der Waals surface area contributed by atoms with E-state index in [0.29, 0.717) is 24.2 Å². The first-order valence-electron chi connectivity index (χ1n) is 16.3. The van der Waals surface area contributed by atoms with E-state index in [0.717, 1.165) is 19.3 Å². The minimum atomic E-state index is -1.78. The highest BCUT2D eigenvalue weighted by Crippen LogP contribution is 2.64. The van der Waals surface area contributed by atoms with Crippen molar-refractivity contribution < 1.29 is 48.0 Å². The predicted octanol–water partition coefficient (Wildman–Crippen LogP) is 5.63. The highest BCUT2D eigenvalue weighted by Gasteiger charge is 2.60. The van der Waals surface area contributed by atoms with Gasteiger partial charge in [-0.15, -0.1) is 0 Å². The van der Waals surface area contributed by atoms with Gasteiger partial charge in [-0.05, 0) is 117 Å². The number of carbonyl (C=O) groups is 5. The number of aliphatic carboxylic acids is 1. The van der Waals surface area contributed by atoms with E-state index >= 15 is 0 Å². The summed E-state index contributed by atoms with van der Waals surface area (Å²) in [6.07, 6.45) is 6.32. The third-order valence-electron chi connectivity index (χ3n) is 11.4. The molecule has 248 valence electrons. The highest BCUT2D eigenvalue weighted by molar-refractivity contribution is 5.88. The molecule has 0 aromatic rings. The van der Waals surface area contributed by atoms with Crippen LogP contribution >= 0.6 is 0 Å². The maximum atomic E-state index is 14.1. The second kappa shape index (κ2) is 11.9. The number of hydrogen-bond donors (Lipinski definition) is 1. The van der Waals surface area contributed by atoms with Crippen molar-refractivity contribution in [2.24, 2.45) is 39.9 Å². The van der Waals surface area contributed by atoms with Crippen molar-refractivity contribution in [3.63, 3.8) is 0 Å². The predicted molar refractivity (Wildman–Crippen MR) is 159 cm³/mol. The Morgan fingerprint density at radius 1 is 0.886 bits per heavy atom. The average Bonchev–Trinajstić information content (AvgIpc) is 3.30. The Balaban J connectivity index is 1.53. The van der Waals surface area contributed by atoms with E-state index in [1.54, 1.807) is 13.8 Å². The first-order chi connectivity index (χ1) is 20.2. The SMILES string of the molecule is CCC(C)(CC(C)(CC(C)C(=O)O)C(=O)OC(C)(C)C(=O)OC1CCOC1=O)C(=O)OC(C)(C)C12CC3CC(CC(C3)C1)C2. The molecule has 5 aliphatic rings. The van der Waals surface area contributed by atoms with E-state index in [4.69, 9.17) is 18.9 Å². The molecular weight excluding hydrogens is 568 g/mol. The lowest BCUT2D eigenvalue weighted by molar-refractivity contribution is -0.209. The second-order valence-corrected chi connectivity index (χ2v) is 15.9. The van der Waals surface area contributed by atoms with E-state index in [9.17, 15) is 29.1 Å². The van der Waals surface area contributed by atoms with Gasteiger partial charge in [0.25, 0.3) is 0 Å². The Bertz CT molecular complexity index is 1140. The maximum absolute atomic E-state index is 14.1. The van der Waals surface area contributed by atoms with Crippen molar-refractivity contribution in [1.82, 2.24) is 0 Å². The summed E-state index contributed by atoms with van der Waals surface area (Å²) in [5.74, 6) is -2.80. The molecule has 1 N–H and O–H groups in total. The number of rotatable bonds is 13. The Labute approximate surface area is 261 Å². The van der Waals surface area contributed by atoms with Gasteiger partial charge < -0.3 is 24.1 Å². The molecule has 1 aliphatic heterocycles. The van der Waals surface area contributed by atoms with Crippen LogP contribution in [0.5, 0.6) is 0 Å². The number of cyclic esters (lactones) is 1. The van der Waals surface area contributed by atoms with E-state index in [2.05, 4.69) is 0 Å². The topological polar surface area (TPSA) is 142 Å². The van der Waals surface area contributed by atoms with Crippen molar-refractivity contribution in [2.75, 3.05) is 6.61 Å². The molecule has 4 saturated carbocycles. The van der Waals surface area contributed by atoms with Gasteiger partial charge in [0.15, 0.2) is 0 Å². The van der Waals surface area contributed by atoms with Gasteiger partial charge >= 0.3 is 29.8 Å². The fourth-order valence-corrected chi connectivity index (χ4v) is 8.76. The van der Waals surface area contributed by atoms with Crippen LogP contribution in [0.25, 0.3) is 0 Å². The maximum Gasteiger partial charge on any atom is 0.350 e. The Hall–Kier alpha value is -2.65. The molecule has 4 aliphatic carbocycles. The molecule has 5 rings (SSSR count). The van der Waals surface area contributed by atoms with Gasteiger partial charge in [-0.25, -0.2) is 9.59 Å². The molecule has 10 heteroatoms. The molecule has 0 aromatic heterocycles. The summed E-state index contributed by atoms with van der Waals surface area (Å²) in [4.78, 5) is 64.7. The van der Waals surface area contributed by atoms with Crippen LogP contribution in [0.1, 0.15) is 120 Å². The fourth-order valence-electron chi connectivity index (χ4n) is 8.76. The van der Waals surface area contributed by atoms with E-state index < -0.39 is 63.9 Å². The zero-order chi connectivity index (χ0) is 32.9. The number of hydrogen-bond acceptors (Lipinski definition) is 9. The molecule has 5 fully saturated rings. The summed E-state index contributed by atoms with van der Waals surface area (Å²) in [7, 11) is 0. The summed E-state index contributed by atoms with van der Waals surface area (Å²) in [5.41, 5.74) is -5.14. The molecule has 1 saturated heterocycles. The van der Waals surface area contributed by atoms with Crippen LogP contribution in [0.2, 0.25) is 0 Å². The molecule has 0 aromatic carbocycles. The van der Waals surface area contributed by atoms with Crippen molar-refractivity contribution in [1.29, 1.82) is 0 Å². The number of carbonyl (C=O) groups excluding carboxylic acids is 4. The van der Waals surface area contributed by atoms with Gasteiger partial charge in [-0.1, -0.05) is 13.8 Å². The van der Waals surface area contributed by atoms with Gasteiger partial charge in [-0.3, -0.25) is 14.4 Å². The summed E-state index contributed by atoms with van der Waals surface area (Å²) >= 11 is 0. The Kier molecular flexibility index (Phi) is 9.28. The molecule has 0 radical (unpaired) electrons. The zero-order valence-electron chi connectivity index (χ0n) is 27.8. The normalized spacial score (nSPS) is 31.3.